The number of likely N-dealkylation sites (tertiary alicyclic amines) is 1. The van der Waals surface area contributed by atoms with Gasteiger partial charge in [0.2, 0.25) is 5.91 Å². The van der Waals surface area contributed by atoms with E-state index in [4.69, 9.17) is 10.5 Å². The number of primary amides is 1. The fraction of sp³-hybridized carbons (Fsp3) is 0.533. The molecule has 40 heavy (non-hydrogen) atoms. The second kappa shape index (κ2) is 10.9. The zero-order valence-electron chi connectivity index (χ0n) is 23.3. The molecular formula is C30H38F2N4O4. The molecule has 0 radical (unpaired) electrons. The molecular weight excluding hydrogens is 518 g/mol. The van der Waals surface area contributed by atoms with E-state index in [0.717, 1.165) is 24.0 Å². The minimum atomic E-state index is -3.68. The summed E-state index contributed by atoms with van der Waals surface area (Å²) in [7, 11) is 0. The second-order valence-corrected chi connectivity index (χ2v) is 12.1. The van der Waals surface area contributed by atoms with Gasteiger partial charge in [-0.05, 0) is 47.4 Å². The first-order valence-corrected chi connectivity index (χ1v) is 13.9. The van der Waals surface area contributed by atoms with Crippen LogP contribution in [-0.4, -0.2) is 71.7 Å². The van der Waals surface area contributed by atoms with E-state index in [1.807, 2.05) is 41.3 Å². The maximum Gasteiger partial charge on any atom is 0.586 e. The van der Waals surface area contributed by atoms with E-state index in [9.17, 15) is 18.4 Å². The Hall–Kier alpha value is -3.40. The predicted octanol–water partition coefficient (Wildman–Crippen LogP) is 4.84. The third-order valence-electron chi connectivity index (χ3n) is 8.34. The van der Waals surface area contributed by atoms with Crippen molar-refractivity contribution in [3.63, 3.8) is 0 Å². The number of alkyl halides is 2. The summed E-state index contributed by atoms with van der Waals surface area (Å²) < 4.78 is 36.9. The van der Waals surface area contributed by atoms with Crippen LogP contribution in [0.3, 0.4) is 0 Å². The highest BCUT2D eigenvalue weighted by atomic mass is 19.3. The van der Waals surface area contributed by atoms with Gasteiger partial charge in [0.1, 0.15) is 0 Å². The van der Waals surface area contributed by atoms with Gasteiger partial charge in [-0.1, -0.05) is 57.2 Å². The number of halogens is 2. The summed E-state index contributed by atoms with van der Waals surface area (Å²) in [5.41, 5.74) is 7.07. The summed E-state index contributed by atoms with van der Waals surface area (Å²) in [6.45, 7) is 9.43. The van der Waals surface area contributed by atoms with Crippen LogP contribution >= 0.6 is 0 Å². The first-order chi connectivity index (χ1) is 18.9. The van der Waals surface area contributed by atoms with Gasteiger partial charge >= 0.3 is 12.3 Å². The summed E-state index contributed by atoms with van der Waals surface area (Å²) in [5.74, 6) is 0.404. The SMILES string of the molecule is CC(C)(C)[C@H]1CN(C(c2ccccc2)c2ccc3c(c2)OC(F)(F)O3)CCN1C(=O)CC1CCN(C(N)=O)CC1. The van der Waals surface area contributed by atoms with Gasteiger partial charge in [-0.2, -0.15) is 0 Å². The number of hydrogen-bond donors (Lipinski definition) is 1. The van der Waals surface area contributed by atoms with Gasteiger partial charge in [-0.15, -0.1) is 8.78 Å². The highest BCUT2D eigenvalue weighted by molar-refractivity contribution is 5.77. The summed E-state index contributed by atoms with van der Waals surface area (Å²) in [5, 5.41) is 0. The third kappa shape index (κ3) is 6.01. The predicted molar refractivity (Wildman–Crippen MR) is 146 cm³/mol. The molecule has 3 amide bonds. The van der Waals surface area contributed by atoms with Gasteiger partial charge in [0.15, 0.2) is 11.5 Å². The zero-order chi connectivity index (χ0) is 28.7. The standard InChI is InChI=1S/C30H38F2N4O4/c1-29(2,3)25-19-35(15-16-36(25)26(37)17-20-11-13-34(14-12-20)28(33)38)27(21-7-5-4-6-8-21)22-9-10-23-24(18-22)40-30(31,32)39-23/h4-10,18,20,25,27H,11-17,19H2,1-3H3,(H2,33,38)/t25-,27?/m1/s1. The Bertz CT molecular complexity index is 1230. The van der Waals surface area contributed by atoms with E-state index < -0.39 is 12.3 Å². The van der Waals surface area contributed by atoms with Crippen molar-refractivity contribution in [1.29, 1.82) is 0 Å². The lowest BCUT2D eigenvalue weighted by Gasteiger charge is -2.50. The van der Waals surface area contributed by atoms with E-state index in [1.54, 1.807) is 11.0 Å². The van der Waals surface area contributed by atoms with E-state index in [2.05, 4.69) is 30.4 Å². The summed E-state index contributed by atoms with van der Waals surface area (Å²) in [4.78, 5) is 31.1. The Labute approximate surface area is 234 Å². The lowest BCUT2D eigenvalue weighted by Crippen LogP contribution is -2.60. The van der Waals surface area contributed by atoms with E-state index in [1.165, 1.54) is 6.07 Å². The first kappa shape index (κ1) is 28.1. The van der Waals surface area contributed by atoms with Crippen LogP contribution in [0.1, 0.15) is 57.2 Å². The minimum Gasteiger partial charge on any atom is -0.395 e. The maximum atomic E-state index is 13.8. The molecule has 2 fully saturated rings. The van der Waals surface area contributed by atoms with Crippen LogP contribution < -0.4 is 15.2 Å². The molecule has 216 valence electrons. The molecule has 3 heterocycles. The van der Waals surface area contributed by atoms with Crippen molar-refractivity contribution in [2.75, 3.05) is 32.7 Å². The van der Waals surface area contributed by atoms with Crippen LogP contribution in [0.25, 0.3) is 0 Å². The molecule has 0 bridgehead atoms. The largest absolute Gasteiger partial charge is 0.586 e. The molecule has 2 aromatic rings. The third-order valence-corrected chi connectivity index (χ3v) is 8.34. The fourth-order valence-electron chi connectivity index (χ4n) is 6.19. The molecule has 0 spiro atoms. The van der Waals surface area contributed by atoms with Crippen LogP contribution in [0.15, 0.2) is 48.5 Å². The number of benzene rings is 2. The molecule has 0 aliphatic carbocycles. The number of nitrogens with two attached hydrogens (primary N) is 1. The van der Waals surface area contributed by atoms with Gasteiger partial charge in [0.05, 0.1) is 6.04 Å². The second-order valence-electron chi connectivity index (χ2n) is 12.1. The molecule has 0 saturated carbocycles. The van der Waals surface area contributed by atoms with Gasteiger partial charge in [-0.25, -0.2) is 4.79 Å². The molecule has 3 aliphatic rings. The molecule has 2 atom stereocenters. The number of nitrogens with zero attached hydrogens (tertiary/aromatic N) is 3. The molecule has 5 rings (SSSR count). The van der Waals surface area contributed by atoms with E-state index >= 15 is 0 Å². The summed E-state index contributed by atoms with van der Waals surface area (Å²) >= 11 is 0. The lowest BCUT2D eigenvalue weighted by molar-refractivity contribution is -0.286. The number of piperazine rings is 1. The van der Waals surface area contributed by atoms with Crippen molar-refractivity contribution < 1.29 is 27.8 Å². The number of amides is 3. The smallest absolute Gasteiger partial charge is 0.395 e. The van der Waals surface area contributed by atoms with Crippen LogP contribution in [0, 0.1) is 11.3 Å². The number of carbonyl (C=O) groups is 2. The molecule has 10 heteroatoms. The number of fused-ring (bicyclic) bond motifs is 1. The van der Waals surface area contributed by atoms with Crippen molar-refractivity contribution in [1.82, 2.24) is 14.7 Å². The highest BCUT2D eigenvalue weighted by Crippen LogP contribution is 2.44. The quantitative estimate of drug-likeness (QED) is 0.570. The zero-order valence-corrected chi connectivity index (χ0v) is 23.3. The summed E-state index contributed by atoms with van der Waals surface area (Å²) in [6.07, 6.45) is -1.68. The number of ether oxygens (including phenoxy) is 2. The summed E-state index contributed by atoms with van der Waals surface area (Å²) in [6, 6.07) is 14.3. The van der Waals surface area contributed by atoms with E-state index in [-0.39, 0.29) is 40.8 Å². The topological polar surface area (TPSA) is 88.3 Å². The molecule has 8 nitrogen and oxygen atoms in total. The van der Waals surface area contributed by atoms with Crippen molar-refractivity contribution in [2.45, 2.75) is 58.4 Å². The van der Waals surface area contributed by atoms with Gasteiger partial charge in [0.25, 0.3) is 0 Å². The highest BCUT2D eigenvalue weighted by Gasteiger charge is 2.45. The molecule has 2 aromatic carbocycles. The van der Waals surface area contributed by atoms with Gasteiger partial charge in [-0.3, -0.25) is 9.69 Å². The van der Waals surface area contributed by atoms with Crippen LogP contribution in [0.2, 0.25) is 0 Å². The van der Waals surface area contributed by atoms with Gasteiger partial charge in [0, 0.05) is 45.2 Å². The normalized spacial score (nSPS) is 22.3. The van der Waals surface area contributed by atoms with Crippen LogP contribution in [0.4, 0.5) is 13.6 Å². The molecule has 1 unspecified atom stereocenters. The Morgan fingerprint density at radius 3 is 2.30 bits per heavy atom. The van der Waals surface area contributed by atoms with Crippen LogP contribution in [0.5, 0.6) is 11.5 Å². The molecule has 0 aromatic heterocycles. The first-order valence-electron chi connectivity index (χ1n) is 13.9. The number of carbonyl (C=O) groups excluding carboxylic acids is 2. The van der Waals surface area contributed by atoms with Crippen molar-refractivity contribution in [2.24, 2.45) is 17.1 Å². The Kier molecular flexibility index (Phi) is 7.65. The average molecular weight is 557 g/mol. The number of urea groups is 1. The molecule has 2 saturated heterocycles. The Morgan fingerprint density at radius 1 is 0.975 bits per heavy atom. The monoisotopic (exact) mass is 556 g/mol. The van der Waals surface area contributed by atoms with Gasteiger partial charge < -0.3 is 25.0 Å². The number of rotatable bonds is 5. The van der Waals surface area contributed by atoms with Crippen molar-refractivity contribution in [3.8, 4) is 11.5 Å². The molecule has 3 aliphatic heterocycles. The van der Waals surface area contributed by atoms with Crippen LogP contribution in [-0.2, 0) is 4.79 Å². The maximum absolute atomic E-state index is 13.8. The number of piperidine rings is 1. The minimum absolute atomic E-state index is 0.0187. The molecule has 2 N–H and O–H groups in total. The number of hydrogen-bond acceptors (Lipinski definition) is 5. The Balaban J connectivity index is 1.36. The lowest BCUT2D eigenvalue weighted by atomic mass is 9.82. The average Bonchev–Trinajstić information content (AvgIpc) is 3.22. The van der Waals surface area contributed by atoms with E-state index in [0.29, 0.717) is 39.1 Å². The van der Waals surface area contributed by atoms with Crippen molar-refractivity contribution in [3.05, 3.63) is 59.7 Å². The Morgan fingerprint density at radius 2 is 1.65 bits per heavy atom. The fourth-order valence-corrected chi connectivity index (χ4v) is 6.19. The van der Waals surface area contributed by atoms with Crippen molar-refractivity contribution >= 4 is 11.9 Å².